The lowest BCUT2D eigenvalue weighted by atomic mass is 9.89. The minimum atomic E-state index is -0.240. The summed E-state index contributed by atoms with van der Waals surface area (Å²) in [5.74, 6) is 0.348. The number of aliphatic hydroxyl groups excluding tert-OH is 1. The van der Waals surface area contributed by atoms with Crippen molar-refractivity contribution < 1.29 is 5.11 Å². The lowest BCUT2D eigenvalue weighted by molar-refractivity contribution is 0.105. The molecule has 3 atom stereocenters. The molecule has 0 aromatic carbocycles. The summed E-state index contributed by atoms with van der Waals surface area (Å²) in [5.41, 5.74) is 1.59. The van der Waals surface area contributed by atoms with E-state index in [4.69, 9.17) is 0 Å². The van der Waals surface area contributed by atoms with E-state index in [1.165, 1.54) is 5.69 Å². The SMILES string of the molecule is CC(O)C1CC(NCC(C)(C)C)CN(c2ccsc2)C1. The van der Waals surface area contributed by atoms with Gasteiger partial charge in [-0.25, -0.2) is 0 Å². The van der Waals surface area contributed by atoms with Gasteiger partial charge in [-0.05, 0) is 30.2 Å². The van der Waals surface area contributed by atoms with E-state index in [0.717, 1.165) is 26.1 Å². The number of rotatable bonds is 4. The van der Waals surface area contributed by atoms with Crippen molar-refractivity contribution >= 4 is 17.0 Å². The lowest BCUT2D eigenvalue weighted by Gasteiger charge is -2.41. The highest BCUT2D eigenvalue weighted by atomic mass is 32.1. The van der Waals surface area contributed by atoms with Crippen molar-refractivity contribution in [1.82, 2.24) is 5.32 Å². The van der Waals surface area contributed by atoms with E-state index in [1.807, 2.05) is 6.92 Å². The van der Waals surface area contributed by atoms with Gasteiger partial charge in [0.15, 0.2) is 0 Å². The summed E-state index contributed by atoms with van der Waals surface area (Å²) in [5, 5.41) is 18.0. The number of nitrogens with one attached hydrogen (secondary N) is 1. The summed E-state index contributed by atoms with van der Waals surface area (Å²) in [6.07, 6.45) is 0.823. The molecule has 1 aromatic heterocycles. The van der Waals surface area contributed by atoms with Crippen LogP contribution in [0.25, 0.3) is 0 Å². The molecule has 2 heterocycles. The molecule has 0 radical (unpaired) electrons. The van der Waals surface area contributed by atoms with Crippen LogP contribution in [0.2, 0.25) is 0 Å². The Kier molecular flexibility index (Phi) is 5.10. The molecule has 0 saturated carbocycles. The number of hydrogen-bond acceptors (Lipinski definition) is 4. The smallest absolute Gasteiger partial charge is 0.0557 e. The first-order chi connectivity index (χ1) is 9.35. The Morgan fingerprint density at radius 1 is 1.45 bits per heavy atom. The fraction of sp³-hybridized carbons (Fsp3) is 0.750. The molecule has 0 spiro atoms. The third-order valence-electron chi connectivity index (χ3n) is 3.96. The van der Waals surface area contributed by atoms with Gasteiger partial charge in [0, 0.05) is 42.7 Å². The number of nitrogens with zero attached hydrogens (tertiary/aromatic N) is 1. The van der Waals surface area contributed by atoms with Crippen LogP contribution < -0.4 is 10.2 Å². The van der Waals surface area contributed by atoms with E-state index < -0.39 is 0 Å². The molecule has 1 aliphatic heterocycles. The summed E-state index contributed by atoms with van der Waals surface area (Å²) in [6.45, 7) is 11.7. The Bertz CT molecular complexity index is 397. The first-order valence-corrected chi connectivity index (χ1v) is 8.48. The van der Waals surface area contributed by atoms with E-state index in [0.29, 0.717) is 17.4 Å². The fourth-order valence-electron chi connectivity index (χ4n) is 2.73. The van der Waals surface area contributed by atoms with Crippen molar-refractivity contribution in [3.05, 3.63) is 16.8 Å². The molecule has 1 aromatic rings. The Balaban J connectivity index is 2.01. The Labute approximate surface area is 127 Å². The van der Waals surface area contributed by atoms with Crippen LogP contribution in [0, 0.1) is 11.3 Å². The first kappa shape index (κ1) is 15.8. The monoisotopic (exact) mass is 296 g/mol. The Morgan fingerprint density at radius 3 is 2.75 bits per heavy atom. The molecule has 0 amide bonds. The van der Waals surface area contributed by atoms with Crippen molar-refractivity contribution in [1.29, 1.82) is 0 Å². The molecular formula is C16H28N2OS. The number of anilines is 1. The van der Waals surface area contributed by atoms with Gasteiger partial charge < -0.3 is 15.3 Å². The van der Waals surface area contributed by atoms with Crippen molar-refractivity contribution in [2.75, 3.05) is 24.5 Å². The van der Waals surface area contributed by atoms with Gasteiger partial charge in [-0.1, -0.05) is 20.8 Å². The van der Waals surface area contributed by atoms with Crippen LogP contribution in [-0.2, 0) is 0 Å². The molecule has 20 heavy (non-hydrogen) atoms. The summed E-state index contributed by atoms with van der Waals surface area (Å²) >= 11 is 1.74. The summed E-state index contributed by atoms with van der Waals surface area (Å²) < 4.78 is 0. The highest BCUT2D eigenvalue weighted by Crippen LogP contribution is 2.27. The van der Waals surface area contributed by atoms with Crippen LogP contribution in [0.15, 0.2) is 16.8 Å². The maximum atomic E-state index is 9.99. The van der Waals surface area contributed by atoms with E-state index in [-0.39, 0.29) is 6.10 Å². The van der Waals surface area contributed by atoms with Crippen molar-refractivity contribution in [3.8, 4) is 0 Å². The van der Waals surface area contributed by atoms with Gasteiger partial charge in [-0.3, -0.25) is 0 Å². The molecule has 1 aliphatic rings. The van der Waals surface area contributed by atoms with Gasteiger partial charge in [0.05, 0.1) is 6.10 Å². The zero-order valence-corrected chi connectivity index (χ0v) is 13.9. The number of piperidine rings is 1. The van der Waals surface area contributed by atoms with Gasteiger partial charge in [0.25, 0.3) is 0 Å². The standard InChI is InChI=1S/C16H28N2OS/c1-12(19)13-7-14(17-11-16(2,3)4)9-18(8-13)15-5-6-20-10-15/h5-6,10,12-14,17,19H,7-9,11H2,1-4H3. The van der Waals surface area contributed by atoms with Gasteiger partial charge in [0.2, 0.25) is 0 Å². The van der Waals surface area contributed by atoms with Gasteiger partial charge in [0.1, 0.15) is 0 Å². The topological polar surface area (TPSA) is 35.5 Å². The highest BCUT2D eigenvalue weighted by molar-refractivity contribution is 7.08. The van der Waals surface area contributed by atoms with Crippen LogP contribution in [0.1, 0.15) is 34.1 Å². The average Bonchev–Trinajstić information content (AvgIpc) is 2.89. The largest absolute Gasteiger partial charge is 0.393 e. The van der Waals surface area contributed by atoms with Gasteiger partial charge in [-0.2, -0.15) is 11.3 Å². The quantitative estimate of drug-likeness (QED) is 0.896. The molecule has 1 saturated heterocycles. The zero-order valence-electron chi connectivity index (χ0n) is 13.1. The molecule has 2 N–H and O–H groups in total. The molecule has 1 fully saturated rings. The Hall–Kier alpha value is -0.580. The second-order valence-electron chi connectivity index (χ2n) is 7.26. The van der Waals surface area contributed by atoms with E-state index in [9.17, 15) is 5.11 Å². The molecule has 0 bridgehead atoms. The van der Waals surface area contributed by atoms with Crippen LogP contribution in [-0.4, -0.2) is 36.9 Å². The maximum Gasteiger partial charge on any atom is 0.0557 e. The molecular weight excluding hydrogens is 268 g/mol. The third-order valence-corrected chi connectivity index (χ3v) is 4.63. The lowest BCUT2D eigenvalue weighted by Crippen LogP contribution is -2.52. The van der Waals surface area contributed by atoms with Crippen LogP contribution in [0.4, 0.5) is 5.69 Å². The van der Waals surface area contributed by atoms with Gasteiger partial charge >= 0.3 is 0 Å². The minimum absolute atomic E-state index is 0.240. The summed E-state index contributed by atoms with van der Waals surface area (Å²) in [6, 6.07) is 2.64. The fourth-order valence-corrected chi connectivity index (χ4v) is 3.40. The Morgan fingerprint density at radius 2 is 2.20 bits per heavy atom. The maximum absolute atomic E-state index is 9.99. The second kappa shape index (κ2) is 6.46. The van der Waals surface area contributed by atoms with E-state index >= 15 is 0 Å². The molecule has 2 rings (SSSR count). The van der Waals surface area contributed by atoms with Crippen molar-refractivity contribution in [3.63, 3.8) is 0 Å². The van der Waals surface area contributed by atoms with E-state index in [2.05, 4.69) is 47.8 Å². The molecule has 3 nitrogen and oxygen atoms in total. The normalized spacial score (nSPS) is 25.8. The third kappa shape index (κ3) is 4.47. The summed E-state index contributed by atoms with van der Waals surface area (Å²) in [4.78, 5) is 2.41. The molecule has 0 aliphatic carbocycles. The highest BCUT2D eigenvalue weighted by Gasteiger charge is 2.30. The summed E-state index contributed by atoms with van der Waals surface area (Å²) in [7, 11) is 0. The second-order valence-corrected chi connectivity index (χ2v) is 8.04. The van der Waals surface area contributed by atoms with E-state index in [1.54, 1.807) is 11.3 Å². The average molecular weight is 296 g/mol. The predicted molar refractivity (Wildman–Crippen MR) is 87.6 cm³/mol. The van der Waals surface area contributed by atoms with Crippen LogP contribution in [0.3, 0.4) is 0 Å². The zero-order chi connectivity index (χ0) is 14.8. The van der Waals surface area contributed by atoms with Crippen molar-refractivity contribution in [2.24, 2.45) is 11.3 Å². The van der Waals surface area contributed by atoms with Crippen LogP contribution in [0.5, 0.6) is 0 Å². The minimum Gasteiger partial charge on any atom is -0.393 e. The van der Waals surface area contributed by atoms with Crippen molar-refractivity contribution in [2.45, 2.75) is 46.3 Å². The molecule has 114 valence electrons. The van der Waals surface area contributed by atoms with Crippen LogP contribution >= 0.6 is 11.3 Å². The molecule has 3 unspecified atom stereocenters. The number of aliphatic hydroxyl groups is 1. The van der Waals surface area contributed by atoms with Gasteiger partial charge in [-0.15, -0.1) is 0 Å². The first-order valence-electron chi connectivity index (χ1n) is 7.54. The number of thiophene rings is 1. The molecule has 4 heteroatoms. The predicted octanol–water partition coefficient (Wildman–Crippen LogP) is 2.96. The number of hydrogen-bond donors (Lipinski definition) is 2.